The van der Waals surface area contributed by atoms with Gasteiger partial charge in [-0.25, -0.2) is 0 Å². The first-order valence-electron chi connectivity index (χ1n) is 1.82. The van der Waals surface area contributed by atoms with E-state index in [1.165, 1.54) is 0 Å². The lowest BCUT2D eigenvalue weighted by Gasteiger charge is -1.90. The lowest BCUT2D eigenvalue weighted by molar-refractivity contribution is -0.114. The second-order valence-corrected chi connectivity index (χ2v) is 2.89. The molecule has 0 aliphatic carbocycles. The van der Waals surface area contributed by atoms with Gasteiger partial charge in [0.05, 0.1) is 5.33 Å². The van der Waals surface area contributed by atoms with Gasteiger partial charge in [-0.2, -0.15) is 0 Å². The van der Waals surface area contributed by atoms with Crippen LogP contribution in [0.3, 0.4) is 0 Å². The van der Waals surface area contributed by atoms with E-state index in [1.54, 1.807) is 28.9 Å². The highest BCUT2D eigenvalue weighted by atomic mass is 127. The van der Waals surface area contributed by atoms with Crippen molar-refractivity contribution >= 4 is 50.6 Å². The van der Waals surface area contributed by atoms with Crippen LogP contribution in [0.4, 0.5) is 0 Å². The lowest BCUT2D eigenvalue weighted by atomic mass is 10.3. The normalized spacial score (nSPS) is 12.8. The Morgan fingerprint density at radius 2 is 2.38 bits per heavy atom. The van der Waals surface area contributed by atoms with Crippen molar-refractivity contribution < 1.29 is 9.59 Å². The van der Waals surface area contributed by atoms with E-state index in [-0.39, 0.29) is 11.1 Å². The second-order valence-electron chi connectivity index (χ2n) is 1.08. The predicted molar refractivity (Wildman–Crippen MR) is 42.3 cm³/mol. The van der Waals surface area contributed by atoms with Crippen LogP contribution in [0.15, 0.2) is 0 Å². The summed E-state index contributed by atoms with van der Waals surface area (Å²) in [6.07, 6.45) is 1.57. The summed E-state index contributed by atoms with van der Waals surface area (Å²) in [5.74, 6) is -0.138. The Balaban J connectivity index is 3.62. The summed E-state index contributed by atoms with van der Waals surface area (Å²) < 4.78 is -0.605. The standard InChI is InChI=1S/C4H3BrIO2/c5-1-4(8)3(6)2-7/h3H,1H2. The summed E-state index contributed by atoms with van der Waals surface area (Å²) in [6.45, 7) is 0. The molecule has 2 nitrogen and oxygen atoms in total. The van der Waals surface area contributed by atoms with Crippen molar-refractivity contribution in [2.75, 3.05) is 5.33 Å². The Morgan fingerprint density at radius 1 is 1.88 bits per heavy atom. The first-order valence-corrected chi connectivity index (χ1v) is 4.19. The van der Waals surface area contributed by atoms with Crippen LogP contribution in [0, 0.1) is 0 Å². The van der Waals surface area contributed by atoms with Crippen LogP contribution in [0.2, 0.25) is 0 Å². The van der Waals surface area contributed by atoms with Crippen LogP contribution in [-0.4, -0.2) is 21.3 Å². The number of hydrogen-bond donors (Lipinski definition) is 0. The number of hydrogen-bond acceptors (Lipinski definition) is 2. The highest BCUT2D eigenvalue weighted by molar-refractivity contribution is 14.1. The van der Waals surface area contributed by atoms with Gasteiger partial charge in [0, 0.05) is 0 Å². The van der Waals surface area contributed by atoms with Crippen LogP contribution in [0.25, 0.3) is 0 Å². The molecule has 0 heterocycles. The maximum absolute atomic E-state index is 10.4. The monoisotopic (exact) mass is 289 g/mol. The number of carbonyl (C=O) groups excluding carboxylic acids is 2. The van der Waals surface area contributed by atoms with Gasteiger partial charge in [0.1, 0.15) is 3.92 Å². The maximum Gasteiger partial charge on any atom is 0.220 e. The molecule has 1 atom stereocenters. The van der Waals surface area contributed by atoms with E-state index in [0.29, 0.717) is 0 Å². The number of halogens is 2. The first-order chi connectivity index (χ1) is 3.72. The van der Waals surface area contributed by atoms with E-state index in [1.807, 2.05) is 0 Å². The van der Waals surface area contributed by atoms with E-state index in [4.69, 9.17) is 0 Å². The fourth-order valence-electron chi connectivity index (χ4n) is 0.133. The number of alkyl halides is 2. The van der Waals surface area contributed by atoms with Crippen LogP contribution >= 0.6 is 38.5 Å². The summed E-state index contributed by atoms with van der Waals surface area (Å²) in [5, 5.41) is 0.232. The molecule has 0 aliphatic heterocycles. The van der Waals surface area contributed by atoms with Crippen molar-refractivity contribution in [3.63, 3.8) is 0 Å². The van der Waals surface area contributed by atoms with Crippen LogP contribution in [0.1, 0.15) is 0 Å². The smallest absolute Gasteiger partial charge is 0.220 e. The minimum atomic E-state index is -0.605. The predicted octanol–water partition coefficient (Wildman–Crippen LogP) is 0.864. The Bertz CT molecular complexity index is 104. The number of rotatable bonds is 3. The highest BCUT2D eigenvalue weighted by Gasteiger charge is 2.11. The first kappa shape index (κ1) is 8.55. The summed E-state index contributed by atoms with van der Waals surface area (Å²) in [6, 6.07) is 0. The molecule has 0 rings (SSSR count). The molecule has 0 saturated heterocycles. The van der Waals surface area contributed by atoms with Gasteiger partial charge >= 0.3 is 0 Å². The molecule has 1 radical (unpaired) electrons. The molecule has 0 aromatic rings. The maximum atomic E-state index is 10.4. The number of carbonyl (C=O) groups is 1. The molecule has 0 bridgehead atoms. The molecule has 0 aliphatic rings. The Kier molecular flexibility index (Phi) is 4.74. The molecule has 45 valence electrons. The van der Waals surface area contributed by atoms with Crippen molar-refractivity contribution in [2.24, 2.45) is 0 Å². The van der Waals surface area contributed by atoms with Gasteiger partial charge < -0.3 is 0 Å². The van der Waals surface area contributed by atoms with Crippen molar-refractivity contribution in [3.05, 3.63) is 0 Å². The van der Waals surface area contributed by atoms with Gasteiger partial charge in [-0.1, -0.05) is 38.5 Å². The summed E-state index contributed by atoms with van der Waals surface area (Å²) in [4.78, 5) is 20.2. The third-order valence-electron chi connectivity index (χ3n) is 0.518. The van der Waals surface area contributed by atoms with E-state index in [9.17, 15) is 9.59 Å². The van der Waals surface area contributed by atoms with Crippen molar-refractivity contribution in [1.29, 1.82) is 0 Å². The van der Waals surface area contributed by atoms with Crippen LogP contribution in [-0.2, 0) is 9.59 Å². The van der Waals surface area contributed by atoms with E-state index >= 15 is 0 Å². The molecule has 4 heteroatoms. The second kappa shape index (κ2) is 4.43. The lowest BCUT2D eigenvalue weighted by Crippen LogP contribution is -2.15. The van der Waals surface area contributed by atoms with Crippen LogP contribution in [0.5, 0.6) is 0 Å². The average Bonchev–Trinajstić information content (AvgIpc) is 1.84. The molecule has 8 heavy (non-hydrogen) atoms. The fraction of sp³-hybridized carbons (Fsp3) is 0.500. The topological polar surface area (TPSA) is 34.1 Å². The number of ketones is 1. The van der Waals surface area contributed by atoms with E-state index in [2.05, 4.69) is 15.9 Å². The molecule has 0 spiro atoms. The Hall–Kier alpha value is 0.550. The molecule has 0 saturated carbocycles. The average molecular weight is 290 g/mol. The zero-order chi connectivity index (χ0) is 6.57. The molecule has 0 fully saturated rings. The molecular formula is C4H3BrIO2. The fourth-order valence-corrected chi connectivity index (χ4v) is 1.28. The minimum Gasteiger partial charge on any atom is -0.297 e. The van der Waals surface area contributed by atoms with Gasteiger partial charge in [0.15, 0.2) is 5.78 Å². The Labute approximate surface area is 69.3 Å². The Morgan fingerprint density at radius 3 is 2.50 bits per heavy atom. The van der Waals surface area contributed by atoms with Gasteiger partial charge in [0.25, 0.3) is 0 Å². The SMILES string of the molecule is O=[C]C(I)C(=O)CBr. The zero-order valence-corrected chi connectivity index (χ0v) is 7.60. The molecule has 0 aromatic heterocycles. The van der Waals surface area contributed by atoms with E-state index in [0.717, 1.165) is 0 Å². The zero-order valence-electron chi connectivity index (χ0n) is 3.86. The third-order valence-corrected chi connectivity index (χ3v) is 2.02. The highest BCUT2D eigenvalue weighted by Crippen LogP contribution is 1.99. The van der Waals surface area contributed by atoms with Crippen molar-refractivity contribution in [1.82, 2.24) is 0 Å². The van der Waals surface area contributed by atoms with Gasteiger partial charge in [0.2, 0.25) is 6.29 Å². The molecule has 0 N–H and O–H groups in total. The molecule has 0 amide bonds. The van der Waals surface area contributed by atoms with Gasteiger partial charge in [-0.15, -0.1) is 0 Å². The molecule has 0 aromatic carbocycles. The summed E-state index contributed by atoms with van der Waals surface area (Å²) in [5.41, 5.74) is 0. The molecule has 1 unspecified atom stereocenters. The van der Waals surface area contributed by atoms with Crippen molar-refractivity contribution in [3.8, 4) is 0 Å². The van der Waals surface area contributed by atoms with E-state index < -0.39 is 3.92 Å². The number of Topliss-reactive ketones (excluding diaryl/α,β-unsaturated/α-hetero) is 1. The quantitative estimate of drug-likeness (QED) is 0.439. The summed E-state index contributed by atoms with van der Waals surface area (Å²) >= 11 is 4.65. The molecular weight excluding hydrogens is 287 g/mol. The largest absolute Gasteiger partial charge is 0.297 e. The van der Waals surface area contributed by atoms with Gasteiger partial charge in [-0.05, 0) is 0 Å². The minimum absolute atomic E-state index is 0.138. The van der Waals surface area contributed by atoms with Crippen LogP contribution < -0.4 is 0 Å². The van der Waals surface area contributed by atoms with Gasteiger partial charge in [-0.3, -0.25) is 9.59 Å². The van der Waals surface area contributed by atoms with Crippen molar-refractivity contribution in [2.45, 2.75) is 3.92 Å². The third kappa shape index (κ3) is 2.76. The summed E-state index contributed by atoms with van der Waals surface area (Å²) in [7, 11) is 0.